The lowest BCUT2D eigenvalue weighted by atomic mass is 10.1. The maximum absolute atomic E-state index is 13.5. The van der Waals surface area contributed by atoms with Crippen molar-refractivity contribution in [1.29, 1.82) is 0 Å². The average Bonchev–Trinajstić information content (AvgIpc) is 2.41. The van der Waals surface area contributed by atoms with Crippen molar-refractivity contribution in [3.63, 3.8) is 0 Å². The number of rotatable bonds is 4. The molecule has 0 aromatic heterocycles. The predicted octanol–water partition coefficient (Wildman–Crippen LogP) is 3.99. The first kappa shape index (κ1) is 14.8. The van der Waals surface area contributed by atoms with E-state index >= 15 is 0 Å². The molecule has 2 rings (SSSR count). The first-order chi connectivity index (χ1) is 9.54. The molecular formula is C15H12Cl2FNO. The molecule has 0 bridgehead atoms. The van der Waals surface area contributed by atoms with Crippen molar-refractivity contribution in [2.75, 3.05) is 0 Å². The number of hydrogen-bond acceptors (Lipinski definition) is 1. The molecule has 2 aromatic carbocycles. The number of halogens is 3. The van der Waals surface area contributed by atoms with Gasteiger partial charge < -0.3 is 5.32 Å². The van der Waals surface area contributed by atoms with Crippen LogP contribution in [0, 0.1) is 5.82 Å². The van der Waals surface area contributed by atoms with Crippen molar-refractivity contribution < 1.29 is 9.18 Å². The Hall–Kier alpha value is -1.58. The molecule has 5 heteroatoms. The number of carbonyl (C=O) groups is 1. The van der Waals surface area contributed by atoms with Gasteiger partial charge in [0.25, 0.3) is 0 Å². The van der Waals surface area contributed by atoms with E-state index in [-0.39, 0.29) is 12.3 Å². The zero-order valence-electron chi connectivity index (χ0n) is 10.5. The van der Waals surface area contributed by atoms with Crippen LogP contribution in [0.3, 0.4) is 0 Å². The molecule has 0 aliphatic carbocycles. The van der Waals surface area contributed by atoms with Crippen LogP contribution in [-0.4, -0.2) is 5.91 Å². The summed E-state index contributed by atoms with van der Waals surface area (Å²) in [7, 11) is 0. The monoisotopic (exact) mass is 311 g/mol. The Kier molecular flexibility index (Phi) is 4.99. The van der Waals surface area contributed by atoms with Crippen molar-refractivity contribution in [3.05, 3.63) is 69.5 Å². The zero-order valence-corrected chi connectivity index (χ0v) is 12.0. The Morgan fingerprint density at radius 1 is 1.05 bits per heavy atom. The SMILES string of the molecule is O=C(Cc1ccc(Cl)cc1F)NCc1ccc(Cl)cc1. The molecule has 0 atom stereocenters. The minimum Gasteiger partial charge on any atom is -0.352 e. The highest BCUT2D eigenvalue weighted by molar-refractivity contribution is 6.30. The largest absolute Gasteiger partial charge is 0.352 e. The minimum absolute atomic E-state index is 0.0173. The van der Waals surface area contributed by atoms with Crippen LogP contribution in [0.25, 0.3) is 0 Å². The molecule has 0 saturated heterocycles. The van der Waals surface area contributed by atoms with E-state index < -0.39 is 5.82 Å². The van der Waals surface area contributed by atoms with E-state index in [1.807, 2.05) is 12.1 Å². The molecule has 0 spiro atoms. The van der Waals surface area contributed by atoms with Crippen LogP contribution in [0.2, 0.25) is 10.0 Å². The van der Waals surface area contributed by atoms with Crippen molar-refractivity contribution in [1.82, 2.24) is 5.32 Å². The van der Waals surface area contributed by atoms with Crippen molar-refractivity contribution in [2.24, 2.45) is 0 Å². The summed E-state index contributed by atoms with van der Waals surface area (Å²) < 4.78 is 13.5. The molecule has 0 unspecified atom stereocenters. The van der Waals surface area contributed by atoms with Crippen LogP contribution in [0.4, 0.5) is 4.39 Å². The molecule has 2 nitrogen and oxygen atoms in total. The topological polar surface area (TPSA) is 29.1 Å². The number of benzene rings is 2. The van der Waals surface area contributed by atoms with Gasteiger partial charge in [0.15, 0.2) is 0 Å². The molecule has 1 N–H and O–H groups in total. The first-order valence-corrected chi connectivity index (χ1v) is 6.75. The van der Waals surface area contributed by atoms with Crippen LogP contribution < -0.4 is 5.32 Å². The van der Waals surface area contributed by atoms with Gasteiger partial charge in [0.05, 0.1) is 6.42 Å². The zero-order chi connectivity index (χ0) is 14.5. The van der Waals surface area contributed by atoms with Crippen LogP contribution in [0.15, 0.2) is 42.5 Å². The van der Waals surface area contributed by atoms with Gasteiger partial charge in [0, 0.05) is 16.6 Å². The number of nitrogens with one attached hydrogen (secondary N) is 1. The Balaban J connectivity index is 1.90. The van der Waals surface area contributed by atoms with Gasteiger partial charge in [-0.1, -0.05) is 41.4 Å². The van der Waals surface area contributed by atoms with Gasteiger partial charge in [-0.05, 0) is 35.4 Å². The standard InChI is InChI=1S/C15H12Cl2FNO/c16-12-4-1-10(2-5-12)9-19-15(20)7-11-3-6-13(17)8-14(11)18/h1-6,8H,7,9H2,(H,19,20). The van der Waals surface area contributed by atoms with Crippen LogP contribution >= 0.6 is 23.2 Å². The summed E-state index contributed by atoms with van der Waals surface area (Å²) in [5, 5.41) is 3.68. The number of hydrogen-bond donors (Lipinski definition) is 1. The maximum Gasteiger partial charge on any atom is 0.224 e. The van der Waals surface area contributed by atoms with E-state index in [9.17, 15) is 9.18 Å². The van der Waals surface area contributed by atoms with E-state index in [1.54, 1.807) is 18.2 Å². The Morgan fingerprint density at radius 3 is 2.35 bits per heavy atom. The lowest BCUT2D eigenvalue weighted by molar-refractivity contribution is -0.120. The second kappa shape index (κ2) is 6.73. The van der Waals surface area contributed by atoms with E-state index in [4.69, 9.17) is 23.2 Å². The summed E-state index contributed by atoms with van der Waals surface area (Å²) in [5.41, 5.74) is 1.25. The lowest BCUT2D eigenvalue weighted by Gasteiger charge is -2.06. The van der Waals surface area contributed by atoms with E-state index in [0.29, 0.717) is 22.2 Å². The van der Waals surface area contributed by atoms with Crippen molar-refractivity contribution >= 4 is 29.1 Å². The lowest BCUT2D eigenvalue weighted by Crippen LogP contribution is -2.24. The highest BCUT2D eigenvalue weighted by Crippen LogP contribution is 2.15. The summed E-state index contributed by atoms with van der Waals surface area (Å²) >= 11 is 11.4. The van der Waals surface area contributed by atoms with Gasteiger partial charge in [-0.25, -0.2) is 4.39 Å². The molecule has 0 aliphatic heterocycles. The fourth-order valence-electron chi connectivity index (χ4n) is 1.70. The van der Waals surface area contributed by atoms with Gasteiger partial charge in [-0.3, -0.25) is 4.79 Å². The molecule has 0 saturated carbocycles. The molecule has 2 aromatic rings. The number of amides is 1. The molecule has 0 heterocycles. The summed E-state index contributed by atoms with van der Waals surface area (Å²) in [6, 6.07) is 11.4. The number of carbonyl (C=O) groups excluding carboxylic acids is 1. The summed E-state index contributed by atoms with van der Waals surface area (Å²) in [4.78, 5) is 11.8. The maximum atomic E-state index is 13.5. The normalized spacial score (nSPS) is 10.3. The van der Waals surface area contributed by atoms with Gasteiger partial charge in [-0.15, -0.1) is 0 Å². The second-order valence-electron chi connectivity index (χ2n) is 4.32. The molecule has 1 amide bonds. The molecular weight excluding hydrogens is 300 g/mol. The predicted molar refractivity (Wildman–Crippen MR) is 78.4 cm³/mol. The van der Waals surface area contributed by atoms with Crippen LogP contribution in [0.1, 0.15) is 11.1 Å². The Labute approximate surface area is 126 Å². The van der Waals surface area contributed by atoms with Crippen LogP contribution in [0.5, 0.6) is 0 Å². The molecule has 0 aliphatic rings. The van der Waals surface area contributed by atoms with Gasteiger partial charge in [0.2, 0.25) is 5.91 Å². The minimum atomic E-state index is -0.473. The fourth-order valence-corrected chi connectivity index (χ4v) is 1.99. The molecule has 104 valence electrons. The van der Waals surface area contributed by atoms with E-state index in [0.717, 1.165) is 5.56 Å². The van der Waals surface area contributed by atoms with Gasteiger partial charge >= 0.3 is 0 Å². The van der Waals surface area contributed by atoms with E-state index in [2.05, 4.69) is 5.32 Å². The molecule has 0 radical (unpaired) electrons. The summed E-state index contributed by atoms with van der Waals surface area (Å²) in [6.07, 6.45) is -0.0173. The third-order valence-electron chi connectivity index (χ3n) is 2.77. The summed E-state index contributed by atoms with van der Waals surface area (Å²) in [6.45, 7) is 0.380. The molecule has 20 heavy (non-hydrogen) atoms. The quantitative estimate of drug-likeness (QED) is 0.908. The molecule has 0 fully saturated rings. The fraction of sp³-hybridized carbons (Fsp3) is 0.133. The Bertz CT molecular complexity index is 614. The highest BCUT2D eigenvalue weighted by Gasteiger charge is 2.08. The Morgan fingerprint density at radius 2 is 1.70 bits per heavy atom. The smallest absolute Gasteiger partial charge is 0.224 e. The van der Waals surface area contributed by atoms with Crippen LogP contribution in [-0.2, 0) is 17.8 Å². The second-order valence-corrected chi connectivity index (χ2v) is 5.19. The van der Waals surface area contributed by atoms with Crippen molar-refractivity contribution in [2.45, 2.75) is 13.0 Å². The third-order valence-corrected chi connectivity index (χ3v) is 3.26. The third kappa shape index (κ3) is 4.22. The summed E-state index contributed by atoms with van der Waals surface area (Å²) in [5.74, 6) is -0.722. The average molecular weight is 312 g/mol. The first-order valence-electron chi connectivity index (χ1n) is 5.99. The highest BCUT2D eigenvalue weighted by atomic mass is 35.5. The van der Waals surface area contributed by atoms with Gasteiger partial charge in [-0.2, -0.15) is 0 Å². The van der Waals surface area contributed by atoms with Gasteiger partial charge in [0.1, 0.15) is 5.82 Å². The van der Waals surface area contributed by atoms with Crippen molar-refractivity contribution in [3.8, 4) is 0 Å². The van der Waals surface area contributed by atoms with E-state index in [1.165, 1.54) is 12.1 Å².